The predicted molar refractivity (Wildman–Crippen MR) is 107 cm³/mol. The number of hydrogen-bond donors (Lipinski definition) is 1. The maximum Gasteiger partial charge on any atom is 0.251 e. The van der Waals surface area contributed by atoms with Crippen LogP contribution in [0.1, 0.15) is 41.5 Å². The van der Waals surface area contributed by atoms with Crippen molar-refractivity contribution in [2.75, 3.05) is 32.8 Å². The fourth-order valence-electron chi connectivity index (χ4n) is 4.00. The average Bonchev–Trinajstić information content (AvgIpc) is 2.96. The van der Waals surface area contributed by atoms with Gasteiger partial charge in [0.2, 0.25) is 0 Å². The summed E-state index contributed by atoms with van der Waals surface area (Å²) in [5.41, 5.74) is 10.5. The Morgan fingerprint density at radius 1 is 1.30 bits per heavy atom. The number of nitrogens with zero attached hydrogens (tertiary/aromatic N) is 3. The molecule has 0 saturated carbocycles. The van der Waals surface area contributed by atoms with Gasteiger partial charge < -0.3 is 15.0 Å². The first-order valence-corrected chi connectivity index (χ1v) is 9.85. The highest BCUT2D eigenvalue weighted by molar-refractivity contribution is 6.02. The van der Waals surface area contributed by atoms with Crippen LogP contribution in [0.4, 0.5) is 0 Å². The Morgan fingerprint density at radius 3 is 2.70 bits per heavy atom. The van der Waals surface area contributed by atoms with E-state index in [1.807, 2.05) is 25.3 Å². The summed E-state index contributed by atoms with van der Waals surface area (Å²) in [7, 11) is 0. The molecule has 0 atom stereocenters. The lowest BCUT2D eigenvalue weighted by Crippen LogP contribution is -2.37. The summed E-state index contributed by atoms with van der Waals surface area (Å²) < 4.78 is 7.72. The minimum absolute atomic E-state index is 0.365. The van der Waals surface area contributed by atoms with Crippen LogP contribution in [0.2, 0.25) is 0 Å². The van der Waals surface area contributed by atoms with Gasteiger partial charge >= 0.3 is 0 Å². The van der Waals surface area contributed by atoms with Crippen molar-refractivity contribution in [1.29, 1.82) is 0 Å². The van der Waals surface area contributed by atoms with Gasteiger partial charge in [-0.15, -0.1) is 0 Å². The van der Waals surface area contributed by atoms with Crippen LogP contribution in [-0.2, 0) is 17.7 Å². The van der Waals surface area contributed by atoms with Gasteiger partial charge in [0.05, 0.1) is 18.8 Å². The Bertz CT molecular complexity index is 764. The summed E-state index contributed by atoms with van der Waals surface area (Å²) in [6, 6.07) is 3.91. The second-order valence-electron chi connectivity index (χ2n) is 7.10. The molecule has 1 aliphatic heterocycles. The maximum absolute atomic E-state index is 12.3. The normalized spacial score (nSPS) is 15.2. The topological polar surface area (TPSA) is 73.4 Å². The third-order valence-electron chi connectivity index (χ3n) is 5.27. The van der Waals surface area contributed by atoms with Crippen LogP contribution >= 0.6 is 0 Å². The largest absolute Gasteiger partial charge is 0.379 e. The zero-order valence-electron chi connectivity index (χ0n) is 16.4. The van der Waals surface area contributed by atoms with Crippen LogP contribution in [0.15, 0.2) is 24.5 Å². The highest BCUT2D eigenvalue weighted by Gasteiger charge is 2.24. The molecule has 6 nitrogen and oxygen atoms in total. The minimum atomic E-state index is -0.365. The number of carbonyl (C=O) groups is 1. The van der Waals surface area contributed by atoms with Gasteiger partial charge in [0, 0.05) is 61.1 Å². The van der Waals surface area contributed by atoms with Gasteiger partial charge in [-0.2, -0.15) is 0 Å². The number of primary amides is 1. The molecule has 0 aromatic carbocycles. The van der Waals surface area contributed by atoms with Crippen molar-refractivity contribution >= 4 is 5.91 Å². The van der Waals surface area contributed by atoms with E-state index in [4.69, 9.17) is 10.5 Å². The van der Waals surface area contributed by atoms with Gasteiger partial charge in [-0.1, -0.05) is 19.4 Å². The van der Waals surface area contributed by atoms with Gasteiger partial charge in [0.25, 0.3) is 5.91 Å². The maximum atomic E-state index is 12.3. The number of nitrogens with two attached hydrogens (primary N) is 1. The van der Waals surface area contributed by atoms with E-state index in [2.05, 4.69) is 21.4 Å². The van der Waals surface area contributed by atoms with E-state index in [0.29, 0.717) is 5.56 Å². The number of ether oxygens (including phenoxy) is 1. The molecule has 146 valence electrons. The zero-order chi connectivity index (χ0) is 19.2. The first kappa shape index (κ1) is 19.6. The summed E-state index contributed by atoms with van der Waals surface area (Å²) in [6.07, 6.45) is 6.53. The monoisotopic (exact) mass is 370 g/mol. The lowest BCUT2D eigenvalue weighted by Gasteiger charge is -2.26. The van der Waals surface area contributed by atoms with Crippen molar-refractivity contribution in [3.05, 3.63) is 41.5 Å². The van der Waals surface area contributed by atoms with Crippen molar-refractivity contribution in [1.82, 2.24) is 14.5 Å². The van der Waals surface area contributed by atoms with E-state index in [-0.39, 0.29) is 5.91 Å². The first-order chi connectivity index (χ1) is 13.1. The Balaban J connectivity index is 1.91. The van der Waals surface area contributed by atoms with Crippen LogP contribution in [0.3, 0.4) is 0 Å². The quantitative estimate of drug-likeness (QED) is 0.775. The van der Waals surface area contributed by atoms with Crippen molar-refractivity contribution in [3.63, 3.8) is 0 Å². The van der Waals surface area contributed by atoms with Crippen molar-refractivity contribution in [2.45, 2.75) is 39.7 Å². The molecular formula is C21H30N4O2. The lowest BCUT2D eigenvalue weighted by atomic mass is 9.99. The molecule has 0 radical (unpaired) electrons. The molecule has 6 heteroatoms. The van der Waals surface area contributed by atoms with Crippen LogP contribution < -0.4 is 5.73 Å². The van der Waals surface area contributed by atoms with Crippen molar-refractivity contribution in [2.24, 2.45) is 5.73 Å². The van der Waals surface area contributed by atoms with E-state index < -0.39 is 0 Å². The summed E-state index contributed by atoms with van der Waals surface area (Å²) >= 11 is 0. The van der Waals surface area contributed by atoms with E-state index >= 15 is 0 Å². The Kier molecular flexibility index (Phi) is 6.63. The second-order valence-corrected chi connectivity index (χ2v) is 7.10. The minimum Gasteiger partial charge on any atom is -0.379 e. The van der Waals surface area contributed by atoms with E-state index in [0.717, 1.165) is 75.5 Å². The smallest absolute Gasteiger partial charge is 0.251 e. The van der Waals surface area contributed by atoms with Gasteiger partial charge in [0.1, 0.15) is 0 Å². The number of pyridine rings is 1. The molecule has 0 aliphatic carbocycles. The highest BCUT2D eigenvalue weighted by atomic mass is 16.5. The standard InChI is InChI=1S/C21H30N4O2/c1-3-6-18-20(17-7-4-8-23-15-17)19(21(22)26)16(2)25(18)10-5-9-24-11-13-27-14-12-24/h4,7-8,15H,3,5-6,9-14H2,1-2H3,(H2,22,26). The van der Waals surface area contributed by atoms with Crippen molar-refractivity contribution in [3.8, 4) is 11.1 Å². The van der Waals surface area contributed by atoms with Crippen LogP contribution in [0, 0.1) is 6.92 Å². The van der Waals surface area contributed by atoms with Gasteiger partial charge in [0.15, 0.2) is 0 Å². The van der Waals surface area contributed by atoms with Crippen LogP contribution in [0.25, 0.3) is 11.1 Å². The van der Waals surface area contributed by atoms with Gasteiger partial charge in [-0.05, 0) is 25.8 Å². The summed E-state index contributed by atoms with van der Waals surface area (Å²) in [5.74, 6) is -0.365. The molecule has 1 fully saturated rings. The van der Waals surface area contributed by atoms with E-state index in [9.17, 15) is 4.79 Å². The number of hydrogen-bond acceptors (Lipinski definition) is 4. The molecule has 3 rings (SSSR count). The third-order valence-corrected chi connectivity index (χ3v) is 5.27. The molecule has 1 aliphatic rings. The molecule has 2 aromatic rings. The summed E-state index contributed by atoms with van der Waals surface area (Å²) in [4.78, 5) is 19.0. The Labute approximate surface area is 161 Å². The first-order valence-electron chi connectivity index (χ1n) is 9.85. The summed E-state index contributed by atoms with van der Waals surface area (Å²) in [6.45, 7) is 9.74. The molecule has 2 aromatic heterocycles. The number of morpholine rings is 1. The third kappa shape index (κ3) is 4.39. The molecule has 1 saturated heterocycles. The molecule has 2 N–H and O–H groups in total. The molecule has 0 spiro atoms. The molecule has 3 heterocycles. The SMILES string of the molecule is CCCc1c(-c2cccnc2)c(C(N)=O)c(C)n1CCCN1CCOCC1. The van der Waals surface area contributed by atoms with Crippen LogP contribution in [0.5, 0.6) is 0 Å². The number of carbonyl (C=O) groups excluding carboxylic acids is 1. The Hall–Kier alpha value is -2.18. The van der Waals surface area contributed by atoms with Crippen molar-refractivity contribution < 1.29 is 9.53 Å². The molecular weight excluding hydrogens is 340 g/mol. The summed E-state index contributed by atoms with van der Waals surface area (Å²) in [5, 5.41) is 0. The lowest BCUT2D eigenvalue weighted by molar-refractivity contribution is 0.0369. The average molecular weight is 370 g/mol. The number of aromatic nitrogens is 2. The second kappa shape index (κ2) is 9.15. The molecule has 0 unspecified atom stereocenters. The molecule has 0 bridgehead atoms. The van der Waals surface area contributed by atoms with Gasteiger partial charge in [-0.25, -0.2) is 0 Å². The Morgan fingerprint density at radius 2 is 2.07 bits per heavy atom. The molecule has 1 amide bonds. The number of amides is 1. The highest BCUT2D eigenvalue weighted by Crippen LogP contribution is 2.33. The van der Waals surface area contributed by atoms with Crippen LogP contribution in [-0.4, -0.2) is 53.2 Å². The number of rotatable bonds is 8. The molecule has 27 heavy (non-hydrogen) atoms. The van der Waals surface area contributed by atoms with E-state index in [1.54, 1.807) is 6.20 Å². The fraction of sp³-hybridized carbons (Fsp3) is 0.524. The fourth-order valence-corrected chi connectivity index (χ4v) is 4.00. The van der Waals surface area contributed by atoms with E-state index in [1.165, 1.54) is 5.69 Å². The zero-order valence-corrected chi connectivity index (χ0v) is 16.4. The predicted octanol–water partition coefficient (Wildman–Crippen LogP) is 2.63. The van der Waals surface area contributed by atoms with Gasteiger partial charge in [-0.3, -0.25) is 14.7 Å².